The van der Waals surface area contributed by atoms with Gasteiger partial charge in [-0.1, -0.05) is 0 Å². The summed E-state index contributed by atoms with van der Waals surface area (Å²) in [5.41, 5.74) is 0.814. The molecule has 0 saturated carbocycles. The Hall–Kier alpha value is -1.07. The van der Waals surface area contributed by atoms with Crippen LogP contribution < -0.4 is 5.32 Å². The number of rotatable bonds is 9. The fourth-order valence-corrected chi connectivity index (χ4v) is 1.80. The lowest BCUT2D eigenvalue weighted by Crippen LogP contribution is -2.29. The molecule has 0 fully saturated rings. The number of imidazole rings is 1. The molecule has 19 heavy (non-hydrogen) atoms. The van der Waals surface area contributed by atoms with Gasteiger partial charge >= 0.3 is 0 Å². The van der Waals surface area contributed by atoms with Crippen LogP contribution in [-0.2, 0) is 16.0 Å². The third kappa shape index (κ3) is 5.61. The maximum atomic E-state index is 5.47. The van der Waals surface area contributed by atoms with Gasteiger partial charge in [-0.15, -0.1) is 0 Å². The van der Waals surface area contributed by atoms with Crippen LogP contribution in [-0.4, -0.2) is 42.0 Å². The Balaban J connectivity index is 2.53. The normalized spacial score (nSPS) is 11.8. The van der Waals surface area contributed by atoms with E-state index in [0.29, 0.717) is 0 Å². The van der Waals surface area contributed by atoms with E-state index in [1.165, 1.54) is 0 Å². The summed E-state index contributed by atoms with van der Waals surface area (Å²) in [7, 11) is 1.74. The van der Waals surface area contributed by atoms with Crippen LogP contribution in [0.3, 0.4) is 0 Å². The molecule has 5 nitrogen and oxygen atoms in total. The monoisotopic (exact) mass is 269 g/mol. The summed E-state index contributed by atoms with van der Waals surface area (Å²) in [6.45, 7) is 11.4. The van der Waals surface area contributed by atoms with Crippen LogP contribution in [0.4, 0.5) is 5.95 Å². The molecule has 0 bridgehead atoms. The predicted octanol–water partition coefficient (Wildman–Crippen LogP) is 2.46. The molecule has 0 aromatic carbocycles. The molecule has 0 atom stereocenters. The highest BCUT2D eigenvalue weighted by molar-refractivity contribution is 5.28. The van der Waals surface area contributed by atoms with Gasteiger partial charge in [-0.3, -0.25) is 0 Å². The van der Waals surface area contributed by atoms with Crippen molar-refractivity contribution in [2.45, 2.75) is 46.3 Å². The Morgan fingerprint density at radius 2 is 2.16 bits per heavy atom. The SMILES string of the molecule is CCOCCCNc1nc(C)cn1CC(C)(C)OC. The first-order valence-electron chi connectivity index (χ1n) is 6.89. The van der Waals surface area contributed by atoms with E-state index in [0.717, 1.165) is 44.4 Å². The topological polar surface area (TPSA) is 48.3 Å². The Morgan fingerprint density at radius 1 is 1.42 bits per heavy atom. The highest BCUT2D eigenvalue weighted by Crippen LogP contribution is 2.16. The Labute approximate surface area is 116 Å². The van der Waals surface area contributed by atoms with Crippen LogP contribution in [0.5, 0.6) is 0 Å². The third-order valence-corrected chi connectivity index (χ3v) is 2.95. The molecular formula is C14H27N3O2. The number of nitrogens with one attached hydrogen (secondary N) is 1. The van der Waals surface area contributed by atoms with Gasteiger partial charge in [0.25, 0.3) is 0 Å². The minimum Gasteiger partial charge on any atom is -0.382 e. The molecule has 0 unspecified atom stereocenters. The highest BCUT2D eigenvalue weighted by atomic mass is 16.5. The number of aryl methyl sites for hydroxylation is 1. The van der Waals surface area contributed by atoms with Crippen LogP contribution >= 0.6 is 0 Å². The summed E-state index contributed by atoms with van der Waals surface area (Å²) in [5, 5.41) is 3.36. The van der Waals surface area contributed by atoms with E-state index in [1.54, 1.807) is 7.11 Å². The van der Waals surface area contributed by atoms with E-state index in [2.05, 4.69) is 28.7 Å². The fourth-order valence-electron chi connectivity index (χ4n) is 1.80. The number of aromatic nitrogens is 2. The van der Waals surface area contributed by atoms with E-state index in [1.807, 2.05) is 20.0 Å². The summed E-state index contributed by atoms with van der Waals surface area (Å²) in [6.07, 6.45) is 3.03. The van der Waals surface area contributed by atoms with Crippen molar-refractivity contribution < 1.29 is 9.47 Å². The molecule has 0 radical (unpaired) electrons. The summed E-state index contributed by atoms with van der Waals surface area (Å²) in [4.78, 5) is 4.50. The predicted molar refractivity (Wildman–Crippen MR) is 77.7 cm³/mol. The molecule has 0 aliphatic rings. The van der Waals surface area contributed by atoms with Crippen molar-refractivity contribution in [2.24, 2.45) is 0 Å². The largest absolute Gasteiger partial charge is 0.382 e. The standard InChI is InChI=1S/C14H27N3O2/c1-6-19-9-7-8-15-13-16-12(2)10-17(13)11-14(3,4)18-5/h10H,6-9,11H2,1-5H3,(H,15,16). The first-order chi connectivity index (χ1) is 8.98. The molecule has 0 spiro atoms. The van der Waals surface area contributed by atoms with Gasteiger partial charge in [0.1, 0.15) is 0 Å². The van der Waals surface area contributed by atoms with Crippen LogP contribution in [0.2, 0.25) is 0 Å². The van der Waals surface area contributed by atoms with Gasteiger partial charge in [0.2, 0.25) is 5.95 Å². The molecule has 1 heterocycles. The average molecular weight is 269 g/mol. The highest BCUT2D eigenvalue weighted by Gasteiger charge is 2.19. The zero-order valence-corrected chi connectivity index (χ0v) is 12.8. The molecule has 0 amide bonds. The van der Waals surface area contributed by atoms with Crippen molar-refractivity contribution >= 4 is 5.95 Å². The third-order valence-electron chi connectivity index (χ3n) is 2.95. The second-order valence-corrected chi connectivity index (χ2v) is 5.27. The van der Waals surface area contributed by atoms with Gasteiger partial charge in [0.15, 0.2) is 0 Å². The van der Waals surface area contributed by atoms with Crippen LogP contribution in [0.25, 0.3) is 0 Å². The lowest BCUT2D eigenvalue weighted by atomic mass is 10.1. The van der Waals surface area contributed by atoms with E-state index in [-0.39, 0.29) is 5.60 Å². The van der Waals surface area contributed by atoms with Crippen LogP contribution in [0.15, 0.2) is 6.20 Å². The second-order valence-electron chi connectivity index (χ2n) is 5.27. The second kappa shape index (κ2) is 7.50. The lowest BCUT2D eigenvalue weighted by molar-refractivity contribution is 0.00856. The summed E-state index contributed by atoms with van der Waals surface area (Å²) >= 11 is 0. The number of nitrogens with zero attached hydrogens (tertiary/aromatic N) is 2. The average Bonchev–Trinajstić information content (AvgIpc) is 2.68. The van der Waals surface area contributed by atoms with E-state index < -0.39 is 0 Å². The van der Waals surface area contributed by atoms with Gasteiger partial charge in [-0.05, 0) is 34.1 Å². The molecule has 5 heteroatoms. The van der Waals surface area contributed by atoms with Crippen molar-refractivity contribution in [1.29, 1.82) is 0 Å². The number of ether oxygens (including phenoxy) is 2. The quantitative estimate of drug-likeness (QED) is 0.700. The van der Waals surface area contributed by atoms with Crippen LogP contribution in [0, 0.1) is 6.92 Å². The van der Waals surface area contributed by atoms with Crippen LogP contribution in [0.1, 0.15) is 32.9 Å². The lowest BCUT2D eigenvalue weighted by Gasteiger charge is -2.24. The first kappa shape index (κ1) is 16.0. The van der Waals surface area contributed by atoms with Crippen molar-refractivity contribution in [3.63, 3.8) is 0 Å². The number of hydrogen-bond acceptors (Lipinski definition) is 4. The summed E-state index contributed by atoms with van der Waals surface area (Å²) in [5.74, 6) is 0.902. The fraction of sp³-hybridized carbons (Fsp3) is 0.786. The van der Waals surface area contributed by atoms with Gasteiger partial charge in [-0.25, -0.2) is 4.98 Å². The number of methoxy groups -OCH3 is 1. The minimum atomic E-state index is -0.200. The smallest absolute Gasteiger partial charge is 0.203 e. The Morgan fingerprint density at radius 3 is 2.79 bits per heavy atom. The van der Waals surface area contributed by atoms with Gasteiger partial charge in [0.05, 0.1) is 17.8 Å². The molecule has 1 rings (SSSR count). The maximum absolute atomic E-state index is 5.47. The molecule has 0 aliphatic heterocycles. The van der Waals surface area contributed by atoms with Gasteiger partial charge < -0.3 is 19.4 Å². The molecule has 110 valence electrons. The minimum absolute atomic E-state index is 0.200. The molecule has 1 aromatic rings. The molecule has 0 saturated heterocycles. The van der Waals surface area contributed by atoms with E-state index in [4.69, 9.17) is 9.47 Å². The number of anilines is 1. The van der Waals surface area contributed by atoms with Crippen molar-refractivity contribution in [2.75, 3.05) is 32.2 Å². The van der Waals surface area contributed by atoms with Crippen molar-refractivity contribution in [1.82, 2.24) is 9.55 Å². The maximum Gasteiger partial charge on any atom is 0.203 e. The zero-order valence-electron chi connectivity index (χ0n) is 12.8. The van der Waals surface area contributed by atoms with Crippen molar-refractivity contribution in [3.8, 4) is 0 Å². The molecule has 0 aliphatic carbocycles. The van der Waals surface area contributed by atoms with Gasteiger partial charge in [0, 0.05) is 33.1 Å². The summed E-state index contributed by atoms with van der Waals surface area (Å²) < 4.78 is 12.9. The molecule has 1 aromatic heterocycles. The zero-order chi connectivity index (χ0) is 14.3. The molecular weight excluding hydrogens is 242 g/mol. The van der Waals surface area contributed by atoms with E-state index in [9.17, 15) is 0 Å². The molecule has 1 N–H and O–H groups in total. The Kier molecular flexibility index (Phi) is 6.31. The number of hydrogen-bond donors (Lipinski definition) is 1. The van der Waals surface area contributed by atoms with Gasteiger partial charge in [-0.2, -0.15) is 0 Å². The first-order valence-corrected chi connectivity index (χ1v) is 6.89. The van der Waals surface area contributed by atoms with E-state index >= 15 is 0 Å². The Bertz CT molecular complexity index is 375. The summed E-state index contributed by atoms with van der Waals surface area (Å²) in [6, 6.07) is 0. The van der Waals surface area contributed by atoms with Crippen molar-refractivity contribution in [3.05, 3.63) is 11.9 Å².